The van der Waals surface area contributed by atoms with Crippen LogP contribution < -0.4 is 22.1 Å². The first kappa shape index (κ1) is 28.3. The maximum absolute atomic E-state index is 14.9. The molecule has 1 N–H and O–H groups in total. The molecule has 11 nitrogen and oxygen atoms in total. The molecule has 0 bridgehead atoms. The molecule has 0 radical (unpaired) electrons. The zero-order chi connectivity index (χ0) is 30.1. The van der Waals surface area contributed by atoms with Gasteiger partial charge in [-0.15, -0.1) is 0 Å². The number of aromatic nitrogens is 3. The minimum atomic E-state index is -3.37. The largest absolute Gasteiger partial charge is 0.338 e. The minimum Gasteiger partial charge on any atom is -0.338 e. The number of sulfone groups is 1. The van der Waals surface area contributed by atoms with Crippen LogP contribution in [0, 0.1) is 16.3 Å². The van der Waals surface area contributed by atoms with Gasteiger partial charge in [0, 0.05) is 34.3 Å². The van der Waals surface area contributed by atoms with E-state index < -0.39 is 44.2 Å². The third kappa shape index (κ3) is 4.75. The summed E-state index contributed by atoms with van der Waals surface area (Å²) in [6.07, 6.45) is 1.23. The average Bonchev–Trinajstić information content (AvgIpc) is 3.71. The Labute approximate surface area is 252 Å². The first-order chi connectivity index (χ1) is 19.9. The van der Waals surface area contributed by atoms with Gasteiger partial charge in [0.05, 0.1) is 22.6 Å². The maximum Gasteiger partial charge on any atom is 0.336 e. The van der Waals surface area contributed by atoms with Gasteiger partial charge in [0.25, 0.3) is 17.0 Å². The van der Waals surface area contributed by atoms with Crippen molar-refractivity contribution in [3.8, 4) is 5.69 Å². The van der Waals surface area contributed by atoms with Crippen LogP contribution in [0.1, 0.15) is 34.8 Å². The van der Waals surface area contributed by atoms with Crippen LogP contribution in [0.25, 0.3) is 16.6 Å². The van der Waals surface area contributed by atoms with Crippen LogP contribution in [0.4, 0.5) is 15.9 Å². The number of carbonyl (C=O) groups excluding carboxylic acids is 1. The fraction of sp³-hybridized carbons (Fsp3) is 0.286. The van der Waals surface area contributed by atoms with E-state index in [0.717, 1.165) is 4.57 Å². The summed E-state index contributed by atoms with van der Waals surface area (Å²) in [7, 11) is -1.91. The Bertz CT molecular complexity index is 2120. The van der Waals surface area contributed by atoms with Crippen LogP contribution in [-0.2, 0) is 16.9 Å². The second kappa shape index (κ2) is 10.2. The second-order valence-corrected chi connectivity index (χ2v) is 13.9. The molecule has 2 aromatic carbocycles. The van der Waals surface area contributed by atoms with E-state index in [2.05, 4.69) is 5.32 Å². The zero-order valence-electron chi connectivity index (χ0n) is 22.6. The number of hydrogen-bond acceptors (Lipinski definition) is 7. The summed E-state index contributed by atoms with van der Waals surface area (Å²) in [6.45, 7) is 1.56. The van der Waals surface area contributed by atoms with Gasteiger partial charge in [0.15, 0.2) is 9.84 Å². The van der Waals surface area contributed by atoms with Gasteiger partial charge in [-0.3, -0.25) is 28.1 Å². The van der Waals surface area contributed by atoms with Crippen LogP contribution in [0.3, 0.4) is 0 Å². The molecule has 1 aliphatic carbocycles. The molecule has 0 atom stereocenters. The van der Waals surface area contributed by atoms with E-state index in [-0.39, 0.29) is 57.6 Å². The fourth-order valence-corrected chi connectivity index (χ4v) is 7.11. The Balaban J connectivity index is 1.63. The number of carbonyl (C=O) groups is 1. The number of anilines is 2. The molecule has 1 amide bonds. The van der Waals surface area contributed by atoms with E-state index in [4.69, 9.17) is 0 Å². The van der Waals surface area contributed by atoms with Gasteiger partial charge in [-0.1, -0.05) is 6.07 Å². The molecule has 2 fully saturated rings. The summed E-state index contributed by atoms with van der Waals surface area (Å²) in [5.41, 5.74) is -1.25. The Morgan fingerprint density at radius 3 is 2.45 bits per heavy atom. The van der Waals surface area contributed by atoms with Crippen molar-refractivity contribution in [2.75, 3.05) is 23.5 Å². The van der Waals surface area contributed by atoms with Gasteiger partial charge in [0.2, 0.25) is 0 Å². The number of nitrogens with zero attached hydrogens (tertiary/aromatic N) is 4. The molecule has 3 heterocycles. The molecular weight excluding hydrogens is 680 g/mol. The van der Waals surface area contributed by atoms with Crippen LogP contribution in [0.15, 0.2) is 56.8 Å². The highest BCUT2D eigenvalue weighted by atomic mass is 127. The van der Waals surface area contributed by atoms with Crippen LogP contribution in [0.5, 0.6) is 0 Å². The number of hydrogen-bond donors (Lipinski definition) is 1. The Kier molecular flexibility index (Phi) is 6.87. The molecular formula is C28H25FIN5O6S. The average molecular weight is 706 g/mol. The number of halogens is 2. The van der Waals surface area contributed by atoms with Crippen LogP contribution in [-0.4, -0.2) is 51.1 Å². The highest BCUT2D eigenvalue weighted by molar-refractivity contribution is 14.1. The number of amides is 1. The van der Waals surface area contributed by atoms with Gasteiger partial charge in [-0.25, -0.2) is 17.6 Å². The van der Waals surface area contributed by atoms with Gasteiger partial charge in [0.1, 0.15) is 22.9 Å². The number of aryl methyl sites for hydroxylation is 1. The van der Waals surface area contributed by atoms with Gasteiger partial charge in [-0.05, 0) is 78.8 Å². The molecule has 0 spiro atoms. The smallest absolute Gasteiger partial charge is 0.336 e. The van der Waals surface area contributed by atoms with Gasteiger partial charge < -0.3 is 10.2 Å². The number of rotatable bonds is 5. The lowest BCUT2D eigenvalue weighted by molar-refractivity contribution is 0.0801. The molecule has 42 heavy (non-hydrogen) atoms. The molecule has 1 saturated carbocycles. The summed E-state index contributed by atoms with van der Waals surface area (Å²) in [6, 6.07) is 10.2. The van der Waals surface area contributed by atoms with Crippen LogP contribution >= 0.6 is 22.6 Å². The Hall–Kier alpha value is -3.79. The summed E-state index contributed by atoms with van der Waals surface area (Å²) in [5, 5.41) is 2.93. The van der Waals surface area contributed by atoms with Crippen molar-refractivity contribution in [1.29, 1.82) is 0 Å². The van der Waals surface area contributed by atoms with Crippen molar-refractivity contribution < 1.29 is 17.6 Å². The predicted molar refractivity (Wildman–Crippen MR) is 164 cm³/mol. The second-order valence-electron chi connectivity index (χ2n) is 10.5. The van der Waals surface area contributed by atoms with Crippen molar-refractivity contribution in [3.05, 3.63) is 94.2 Å². The van der Waals surface area contributed by atoms with E-state index in [1.54, 1.807) is 18.2 Å². The van der Waals surface area contributed by atoms with Crippen molar-refractivity contribution in [2.24, 2.45) is 7.05 Å². The van der Waals surface area contributed by atoms with E-state index in [1.165, 1.54) is 52.3 Å². The van der Waals surface area contributed by atoms with E-state index in [9.17, 15) is 32.0 Å². The quantitative estimate of drug-likeness (QED) is 0.316. The monoisotopic (exact) mass is 705 g/mol. The van der Waals surface area contributed by atoms with Crippen molar-refractivity contribution in [1.82, 2.24) is 18.6 Å². The topological polar surface area (TPSA) is 132 Å². The lowest BCUT2D eigenvalue weighted by Gasteiger charge is -2.21. The van der Waals surface area contributed by atoms with Gasteiger partial charge in [-0.2, -0.15) is 0 Å². The zero-order valence-corrected chi connectivity index (χ0v) is 25.5. The summed E-state index contributed by atoms with van der Waals surface area (Å²) in [5.74, 6) is -1.62. The maximum atomic E-state index is 14.9. The molecule has 14 heteroatoms. The number of pyridine rings is 1. The van der Waals surface area contributed by atoms with Crippen molar-refractivity contribution in [2.45, 2.75) is 25.8 Å². The van der Waals surface area contributed by atoms with E-state index in [0.29, 0.717) is 16.4 Å². The van der Waals surface area contributed by atoms with Crippen molar-refractivity contribution in [3.63, 3.8) is 0 Å². The summed E-state index contributed by atoms with van der Waals surface area (Å²) < 4.78 is 43.1. The predicted octanol–water partition coefficient (Wildman–Crippen LogP) is 2.81. The minimum absolute atomic E-state index is 0.0152. The molecule has 6 rings (SSSR count). The summed E-state index contributed by atoms with van der Waals surface area (Å²) in [4.78, 5) is 55.8. The Morgan fingerprint density at radius 1 is 1.07 bits per heavy atom. The lowest BCUT2D eigenvalue weighted by Crippen LogP contribution is -2.41. The van der Waals surface area contributed by atoms with Crippen molar-refractivity contribution >= 4 is 60.7 Å². The van der Waals surface area contributed by atoms with E-state index in [1.807, 2.05) is 22.6 Å². The molecule has 4 aromatic rings. The van der Waals surface area contributed by atoms with Gasteiger partial charge >= 0.3 is 5.69 Å². The molecule has 218 valence electrons. The lowest BCUT2D eigenvalue weighted by atomic mass is 10.1. The highest BCUT2D eigenvalue weighted by Gasteiger charge is 2.33. The number of fused-ring (bicyclic) bond motifs is 1. The van der Waals surface area contributed by atoms with Crippen LogP contribution in [0.2, 0.25) is 0 Å². The normalized spacial score (nSPS) is 16.2. The third-order valence-electron chi connectivity index (χ3n) is 7.60. The highest BCUT2D eigenvalue weighted by Crippen LogP contribution is 2.34. The SMILES string of the molecule is Cc1c(=O)n(C)c(Nc2ccc(I)cc2F)c2c(=O)n(C3CC3)c(=O)n(-c3cccc(C(=O)N4CCS(=O)(=O)C4)c3)c12. The number of nitrogens with one attached hydrogen (secondary N) is 1. The van der Waals surface area contributed by atoms with E-state index >= 15 is 0 Å². The standard InChI is InChI=1S/C28H25FIN5O6S/c1-15-23-22(24(32(2)25(15)36)31-21-9-6-17(30)13-20(21)29)27(38)35(18-7-8-18)28(39)34(23)19-5-3-4-16(12-19)26(37)33-10-11-42(40,41)14-33/h3-6,9,12-13,18,31H,7-8,10-11,14H2,1-2H3. The molecule has 0 unspecified atom stereocenters. The molecule has 2 aliphatic rings. The number of benzene rings is 2. The first-order valence-electron chi connectivity index (χ1n) is 13.1. The Morgan fingerprint density at radius 2 is 1.81 bits per heavy atom. The third-order valence-corrected chi connectivity index (χ3v) is 9.78. The summed E-state index contributed by atoms with van der Waals surface area (Å²) >= 11 is 1.97. The first-order valence-corrected chi connectivity index (χ1v) is 16.0. The molecule has 2 aromatic heterocycles. The molecule has 1 saturated heterocycles. The molecule has 1 aliphatic heterocycles. The fourth-order valence-electron chi connectivity index (χ4n) is 5.31.